The van der Waals surface area contributed by atoms with Crippen molar-refractivity contribution in [1.82, 2.24) is 14.9 Å². The maximum Gasteiger partial charge on any atom is 0.299 e. The zero-order chi connectivity index (χ0) is 20.8. The lowest BCUT2D eigenvalue weighted by Crippen LogP contribution is -2.55. The predicted molar refractivity (Wildman–Crippen MR) is 116 cm³/mol. The standard InChI is InChI=1S/C24H26N4O3/c29-23(20-7-5-13-27(20)24-26-19-6-1-2-8-21(19)31-24)28-16-10-11-17(28)15-18(14-16)30-22-9-3-4-12-25-22/h1-4,6,8-9,12,16-18,20H,5,7,10-11,13-15H2. The van der Waals surface area contributed by atoms with E-state index >= 15 is 0 Å². The number of amides is 1. The molecular formula is C24H26N4O3. The van der Waals surface area contributed by atoms with Crippen LogP contribution >= 0.6 is 0 Å². The summed E-state index contributed by atoms with van der Waals surface area (Å²) < 4.78 is 12.1. The van der Waals surface area contributed by atoms with Crippen LogP contribution in [0.3, 0.4) is 0 Å². The zero-order valence-electron chi connectivity index (χ0n) is 17.4. The molecule has 2 aromatic heterocycles. The molecule has 3 atom stereocenters. The molecule has 0 aliphatic carbocycles. The van der Waals surface area contributed by atoms with Crippen LogP contribution in [-0.2, 0) is 4.79 Å². The first kappa shape index (κ1) is 18.7. The number of fused-ring (bicyclic) bond motifs is 3. The van der Waals surface area contributed by atoms with Crippen molar-refractivity contribution in [2.45, 2.75) is 62.8 Å². The van der Waals surface area contributed by atoms with E-state index < -0.39 is 0 Å². The molecule has 3 aliphatic rings. The molecule has 2 bridgehead atoms. The highest BCUT2D eigenvalue weighted by Gasteiger charge is 2.47. The number of para-hydroxylation sites is 2. The van der Waals surface area contributed by atoms with Gasteiger partial charge in [0.2, 0.25) is 11.8 Å². The third-order valence-corrected chi connectivity index (χ3v) is 6.94. The maximum absolute atomic E-state index is 13.7. The Kier molecular flexibility index (Phi) is 4.55. The van der Waals surface area contributed by atoms with Crippen LogP contribution in [0.1, 0.15) is 38.5 Å². The van der Waals surface area contributed by atoms with E-state index in [4.69, 9.17) is 9.15 Å². The number of ether oxygens (including phenoxy) is 1. The van der Waals surface area contributed by atoms with Gasteiger partial charge in [0.05, 0.1) is 0 Å². The highest BCUT2D eigenvalue weighted by atomic mass is 16.5. The number of benzene rings is 1. The number of hydrogen-bond donors (Lipinski definition) is 0. The first-order chi connectivity index (χ1) is 15.3. The number of carbonyl (C=O) groups is 1. The Morgan fingerprint density at radius 1 is 1.03 bits per heavy atom. The summed E-state index contributed by atoms with van der Waals surface area (Å²) >= 11 is 0. The maximum atomic E-state index is 13.7. The fraction of sp³-hybridized carbons (Fsp3) is 0.458. The molecule has 0 saturated carbocycles. The quantitative estimate of drug-likeness (QED) is 0.642. The topological polar surface area (TPSA) is 71.7 Å². The van der Waals surface area contributed by atoms with Gasteiger partial charge in [-0.3, -0.25) is 4.79 Å². The number of rotatable bonds is 4. The molecule has 1 aromatic carbocycles. The number of carbonyl (C=O) groups excluding carboxylic acids is 1. The van der Waals surface area contributed by atoms with E-state index in [1.807, 2.05) is 42.5 Å². The Bertz CT molecular complexity index is 1040. The molecule has 3 fully saturated rings. The van der Waals surface area contributed by atoms with Crippen LogP contribution in [0.5, 0.6) is 5.88 Å². The van der Waals surface area contributed by atoms with E-state index in [2.05, 4.69) is 19.8 Å². The third kappa shape index (κ3) is 3.32. The summed E-state index contributed by atoms with van der Waals surface area (Å²) in [6, 6.07) is 14.4. The van der Waals surface area contributed by atoms with Crippen LogP contribution in [0, 0.1) is 0 Å². The molecule has 0 radical (unpaired) electrons. The number of anilines is 1. The van der Waals surface area contributed by atoms with Crippen molar-refractivity contribution in [2.24, 2.45) is 0 Å². The van der Waals surface area contributed by atoms with E-state index in [0.717, 1.165) is 56.2 Å². The van der Waals surface area contributed by atoms with Crippen molar-refractivity contribution < 1.29 is 13.9 Å². The first-order valence-corrected chi connectivity index (χ1v) is 11.3. The Morgan fingerprint density at radius 3 is 2.61 bits per heavy atom. The van der Waals surface area contributed by atoms with Gasteiger partial charge >= 0.3 is 0 Å². The molecule has 5 heterocycles. The van der Waals surface area contributed by atoms with Gasteiger partial charge in [-0.05, 0) is 43.9 Å². The van der Waals surface area contributed by atoms with E-state index in [-0.39, 0.29) is 30.1 Å². The highest BCUT2D eigenvalue weighted by molar-refractivity contribution is 5.87. The largest absolute Gasteiger partial charge is 0.474 e. The van der Waals surface area contributed by atoms with Gasteiger partial charge in [0.1, 0.15) is 17.7 Å². The second-order valence-corrected chi connectivity index (χ2v) is 8.83. The minimum absolute atomic E-state index is 0.119. The number of hydrogen-bond acceptors (Lipinski definition) is 6. The number of piperidine rings is 1. The Hall–Kier alpha value is -3.09. The predicted octanol–water partition coefficient (Wildman–Crippen LogP) is 3.79. The van der Waals surface area contributed by atoms with Gasteiger partial charge in [-0.2, -0.15) is 4.98 Å². The summed E-state index contributed by atoms with van der Waals surface area (Å²) in [5.74, 6) is 0.896. The first-order valence-electron chi connectivity index (χ1n) is 11.3. The van der Waals surface area contributed by atoms with Crippen LogP contribution in [-0.4, -0.2) is 51.5 Å². The number of aromatic nitrogens is 2. The molecule has 31 heavy (non-hydrogen) atoms. The molecule has 3 unspecified atom stereocenters. The summed E-state index contributed by atoms with van der Waals surface area (Å²) in [6.45, 7) is 0.803. The van der Waals surface area contributed by atoms with Gasteiger partial charge < -0.3 is 19.0 Å². The summed E-state index contributed by atoms with van der Waals surface area (Å²) in [6.07, 6.45) is 7.53. The fourth-order valence-electron chi connectivity index (χ4n) is 5.58. The van der Waals surface area contributed by atoms with Gasteiger partial charge in [0.15, 0.2) is 5.58 Å². The van der Waals surface area contributed by atoms with Crippen molar-refractivity contribution in [3.63, 3.8) is 0 Å². The van der Waals surface area contributed by atoms with Gasteiger partial charge in [-0.25, -0.2) is 4.98 Å². The van der Waals surface area contributed by atoms with Crippen LogP contribution in [0.25, 0.3) is 11.1 Å². The van der Waals surface area contributed by atoms with E-state index in [1.54, 1.807) is 6.20 Å². The molecule has 0 spiro atoms. The third-order valence-electron chi connectivity index (χ3n) is 6.94. The van der Waals surface area contributed by atoms with E-state index in [9.17, 15) is 4.79 Å². The van der Waals surface area contributed by atoms with Crippen LogP contribution in [0.4, 0.5) is 6.01 Å². The summed E-state index contributed by atoms with van der Waals surface area (Å²) in [5, 5.41) is 0. The number of oxazole rings is 1. The number of nitrogens with zero attached hydrogens (tertiary/aromatic N) is 4. The summed E-state index contributed by atoms with van der Waals surface area (Å²) in [4.78, 5) is 26.9. The summed E-state index contributed by atoms with van der Waals surface area (Å²) in [7, 11) is 0. The molecule has 3 aromatic rings. The van der Waals surface area contributed by atoms with Gasteiger partial charge in [0, 0.05) is 43.7 Å². The smallest absolute Gasteiger partial charge is 0.299 e. The second kappa shape index (κ2) is 7.55. The lowest BCUT2D eigenvalue weighted by atomic mass is 9.98. The van der Waals surface area contributed by atoms with E-state index in [1.165, 1.54) is 0 Å². The van der Waals surface area contributed by atoms with Crippen LogP contribution < -0.4 is 9.64 Å². The molecule has 6 rings (SSSR count). The molecule has 0 N–H and O–H groups in total. The molecule has 7 heteroatoms. The van der Waals surface area contributed by atoms with Gasteiger partial charge in [-0.15, -0.1) is 0 Å². The Labute approximate surface area is 181 Å². The monoisotopic (exact) mass is 418 g/mol. The van der Waals surface area contributed by atoms with Gasteiger partial charge in [0.25, 0.3) is 6.01 Å². The number of pyridine rings is 1. The average Bonchev–Trinajstić information content (AvgIpc) is 3.50. The van der Waals surface area contributed by atoms with Gasteiger partial charge in [-0.1, -0.05) is 18.2 Å². The molecular weight excluding hydrogens is 392 g/mol. The SMILES string of the molecule is O=C(C1CCCN1c1nc2ccccc2o1)N1C2CCC1CC(Oc1ccccn1)C2. The molecule has 160 valence electrons. The van der Waals surface area contributed by atoms with Crippen molar-refractivity contribution in [3.05, 3.63) is 48.7 Å². The van der Waals surface area contributed by atoms with Crippen molar-refractivity contribution in [2.75, 3.05) is 11.4 Å². The molecule has 3 saturated heterocycles. The lowest BCUT2D eigenvalue weighted by Gasteiger charge is -2.40. The zero-order valence-corrected chi connectivity index (χ0v) is 17.4. The molecule has 7 nitrogen and oxygen atoms in total. The van der Waals surface area contributed by atoms with E-state index in [0.29, 0.717) is 11.9 Å². The van der Waals surface area contributed by atoms with Crippen LogP contribution in [0.2, 0.25) is 0 Å². The fourth-order valence-corrected chi connectivity index (χ4v) is 5.58. The Balaban J connectivity index is 1.19. The minimum Gasteiger partial charge on any atom is -0.474 e. The van der Waals surface area contributed by atoms with Crippen LogP contribution in [0.15, 0.2) is 53.1 Å². The normalized spacial score (nSPS) is 27.7. The lowest BCUT2D eigenvalue weighted by molar-refractivity contribution is -0.138. The van der Waals surface area contributed by atoms with Crippen molar-refractivity contribution in [3.8, 4) is 5.88 Å². The molecule has 1 amide bonds. The van der Waals surface area contributed by atoms with Crippen molar-refractivity contribution in [1.29, 1.82) is 0 Å². The highest BCUT2D eigenvalue weighted by Crippen LogP contribution is 2.39. The molecule has 3 aliphatic heterocycles. The van der Waals surface area contributed by atoms with Crippen molar-refractivity contribution >= 4 is 23.0 Å². The minimum atomic E-state index is -0.190. The second-order valence-electron chi connectivity index (χ2n) is 8.83. The average molecular weight is 418 g/mol. The summed E-state index contributed by atoms with van der Waals surface area (Å²) in [5.41, 5.74) is 1.60. The Morgan fingerprint density at radius 2 is 1.84 bits per heavy atom.